The Kier molecular flexibility index (Phi) is 3.36. The summed E-state index contributed by atoms with van der Waals surface area (Å²) in [6.07, 6.45) is 14.5. The Hall–Kier alpha value is -1.52. The van der Waals surface area contributed by atoms with Gasteiger partial charge in [0.15, 0.2) is 5.96 Å². The smallest absolute Gasteiger partial charge is 0.192 e. The first-order chi connectivity index (χ1) is 10.3. The van der Waals surface area contributed by atoms with Gasteiger partial charge in [-0.2, -0.15) is 0 Å². The number of aromatic nitrogens is 2. The van der Waals surface area contributed by atoms with Crippen LogP contribution in [0.3, 0.4) is 0 Å². The quantitative estimate of drug-likeness (QED) is 0.869. The van der Waals surface area contributed by atoms with Crippen molar-refractivity contribution in [2.24, 2.45) is 10.7 Å². The fourth-order valence-electron chi connectivity index (χ4n) is 3.95. The van der Waals surface area contributed by atoms with E-state index in [-0.39, 0.29) is 0 Å². The van der Waals surface area contributed by atoms with Gasteiger partial charge in [-0.05, 0) is 25.7 Å². The molecule has 2 saturated carbocycles. The maximum atomic E-state index is 6.25. The van der Waals surface area contributed by atoms with Crippen molar-refractivity contribution in [2.75, 3.05) is 6.54 Å². The Morgan fingerprint density at radius 1 is 1.00 bits per heavy atom. The molecule has 1 aromatic heterocycles. The lowest BCUT2D eigenvalue weighted by molar-refractivity contribution is 0.230. The Morgan fingerprint density at radius 2 is 1.76 bits per heavy atom. The highest BCUT2D eigenvalue weighted by molar-refractivity contribution is 5.80. The number of hydrogen-bond acceptors (Lipinski definition) is 4. The van der Waals surface area contributed by atoms with E-state index < -0.39 is 0 Å². The number of hydrogen-bond donors (Lipinski definition) is 1. The van der Waals surface area contributed by atoms with Crippen molar-refractivity contribution in [1.29, 1.82) is 0 Å². The molecule has 1 aromatic rings. The molecule has 3 aliphatic rings. The van der Waals surface area contributed by atoms with Crippen LogP contribution in [0.15, 0.2) is 17.5 Å². The van der Waals surface area contributed by atoms with E-state index in [9.17, 15) is 0 Å². The van der Waals surface area contributed by atoms with E-state index in [1.54, 1.807) is 0 Å². The second-order valence-electron chi connectivity index (χ2n) is 6.72. The minimum Gasteiger partial charge on any atom is -0.370 e. The van der Waals surface area contributed by atoms with Crippen molar-refractivity contribution in [3.05, 3.63) is 18.2 Å². The van der Waals surface area contributed by atoms with E-state index >= 15 is 0 Å². The van der Waals surface area contributed by atoms with E-state index in [0.29, 0.717) is 18.1 Å². The molecule has 0 amide bonds. The van der Waals surface area contributed by atoms with Gasteiger partial charge in [-0.25, -0.2) is 4.98 Å². The number of nitrogens with two attached hydrogens (primary N) is 1. The molecular formula is C16H25N5. The maximum absolute atomic E-state index is 6.25. The van der Waals surface area contributed by atoms with Crippen LogP contribution in [0.1, 0.15) is 69.1 Å². The molecule has 0 aromatic carbocycles. The van der Waals surface area contributed by atoms with E-state index in [0.717, 1.165) is 12.5 Å². The average molecular weight is 287 g/mol. The first-order valence-electron chi connectivity index (χ1n) is 8.44. The van der Waals surface area contributed by atoms with Gasteiger partial charge in [-0.3, -0.25) is 4.99 Å². The van der Waals surface area contributed by atoms with Gasteiger partial charge in [0.25, 0.3) is 0 Å². The van der Waals surface area contributed by atoms with E-state index in [1.807, 2.05) is 12.5 Å². The van der Waals surface area contributed by atoms with Crippen LogP contribution in [-0.4, -0.2) is 33.0 Å². The van der Waals surface area contributed by atoms with Crippen molar-refractivity contribution in [2.45, 2.75) is 69.5 Å². The zero-order valence-corrected chi connectivity index (χ0v) is 12.6. The predicted molar refractivity (Wildman–Crippen MR) is 83.1 cm³/mol. The molecule has 0 saturated heterocycles. The molecule has 0 spiro atoms. The van der Waals surface area contributed by atoms with Gasteiger partial charge in [0.05, 0.1) is 30.8 Å². The van der Waals surface area contributed by atoms with Crippen molar-refractivity contribution in [1.82, 2.24) is 14.5 Å². The molecule has 1 unspecified atom stereocenters. The summed E-state index contributed by atoms with van der Waals surface area (Å²) in [6, 6.07) is 1.53. The summed E-state index contributed by atoms with van der Waals surface area (Å²) in [5.41, 5.74) is 7.56. The molecule has 5 heteroatoms. The van der Waals surface area contributed by atoms with Crippen LogP contribution in [0.4, 0.5) is 0 Å². The molecule has 1 aliphatic heterocycles. The van der Waals surface area contributed by atoms with Gasteiger partial charge in [0.1, 0.15) is 0 Å². The SMILES string of the molecule is NC1=NCC(c2cncn2C2CC2)N1C1CCCCCC1. The molecule has 2 fully saturated rings. The molecule has 1 atom stereocenters. The molecular weight excluding hydrogens is 262 g/mol. The van der Waals surface area contributed by atoms with Crippen LogP contribution in [0.5, 0.6) is 0 Å². The first kappa shape index (κ1) is 13.2. The standard InChI is InChI=1S/C16H25N5/c17-16-19-10-15(14-9-18-11-20(14)12-7-8-12)21(16)13-5-3-1-2-4-6-13/h9,11-13,15H,1-8,10H2,(H2,17,19). The third-order valence-corrected chi connectivity index (χ3v) is 5.22. The molecule has 0 bridgehead atoms. The average Bonchev–Trinajstić information content (AvgIpc) is 3.19. The second-order valence-corrected chi connectivity index (χ2v) is 6.72. The van der Waals surface area contributed by atoms with Crippen LogP contribution in [-0.2, 0) is 0 Å². The number of rotatable bonds is 3. The molecule has 4 rings (SSSR count). The summed E-state index contributed by atoms with van der Waals surface area (Å²) < 4.78 is 2.36. The van der Waals surface area contributed by atoms with Crippen LogP contribution >= 0.6 is 0 Å². The Bertz CT molecular complexity index is 523. The topological polar surface area (TPSA) is 59.4 Å². The lowest BCUT2D eigenvalue weighted by Gasteiger charge is -2.34. The van der Waals surface area contributed by atoms with Crippen molar-refractivity contribution >= 4 is 5.96 Å². The van der Waals surface area contributed by atoms with Gasteiger partial charge in [0.2, 0.25) is 0 Å². The second kappa shape index (κ2) is 5.35. The zero-order chi connectivity index (χ0) is 14.2. The first-order valence-corrected chi connectivity index (χ1v) is 8.44. The number of guanidine groups is 1. The Labute approximate surface area is 126 Å². The van der Waals surface area contributed by atoms with Crippen LogP contribution in [0, 0.1) is 0 Å². The van der Waals surface area contributed by atoms with E-state index in [1.165, 1.54) is 57.1 Å². The minimum absolute atomic E-state index is 0.302. The third-order valence-electron chi connectivity index (χ3n) is 5.22. The highest BCUT2D eigenvalue weighted by Crippen LogP contribution is 2.39. The highest BCUT2D eigenvalue weighted by atomic mass is 15.4. The summed E-state index contributed by atoms with van der Waals surface area (Å²) in [6.45, 7) is 0.792. The third kappa shape index (κ3) is 2.43. The molecule has 21 heavy (non-hydrogen) atoms. The highest BCUT2D eigenvalue weighted by Gasteiger charge is 2.37. The van der Waals surface area contributed by atoms with E-state index in [4.69, 9.17) is 5.73 Å². The van der Waals surface area contributed by atoms with Crippen LogP contribution in [0.25, 0.3) is 0 Å². The zero-order valence-electron chi connectivity index (χ0n) is 12.6. The summed E-state index contributed by atoms with van der Waals surface area (Å²) in [5.74, 6) is 0.746. The lowest BCUT2D eigenvalue weighted by Crippen LogP contribution is -2.44. The molecule has 5 nitrogen and oxygen atoms in total. The van der Waals surface area contributed by atoms with Crippen molar-refractivity contribution in [3.8, 4) is 0 Å². The summed E-state index contributed by atoms with van der Waals surface area (Å²) in [7, 11) is 0. The molecule has 114 valence electrons. The predicted octanol–water partition coefficient (Wildman–Crippen LogP) is 2.61. The summed E-state index contributed by atoms with van der Waals surface area (Å²) in [4.78, 5) is 11.4. The number of aliphatic imine (C=N–C) groups is 1. The van der Waals surface area contributed by atoms with Gasteiger partial charge >= 0.3 is 0 Å². The number of imidazole rings is 1. The largest absolute Gasteiger partial charge is 0.370 e. The Morgan fingerprint density at radius 3 is 2.48 bits per heavy atom. The monoisotopic (exact) mass is 287 g/mol. The van der Waals surface area contributed by atoms with Crippen LogP contribution < -0.4 is 5.73 Å². The summed E-state index contributed by atoms with van der Waals surface area (Å²) >= 11 is 0. The van der Waals surface area contributed by atoms with Gasteiger partial charge in [-0.15, -0.1) is 0 Å². The van der Waals surface area contributed by atoms with Crippen molar-refractivity contribution < 1.29 is 0 Å². The Balaban J connectivity index is 1.60. The number of nitrogens with zero attached hydrogens (tertiary/aromatic N) is 4. The fourth-order valence-corrected chi connectivity index (χ4v) is 3.95. The maximum Gasteiger partial charge on any atom is 0.192 e. The lowest BCUT2D eigenvalue weighted by atomic mass is 10.0. The molecule has 0 radical (unpaired) electrons. The van der Waals surface area contributed by atoms with Gasteiger partial charge in [0, 0.05) is 12.1 Å². The van der Waals surface area contributed by atoms with Gasteiger partial charge in [-0.1, -0.05) is 25.7 Å². The minimum atomic E-state index is 0.302. The fraction of sp³-hybridized carbons (Fsp3) is 0.750. The van der Waals surface area contributed by atoms with Gasteiger partial charge < -0.3 is 15.2 Å². The molecule has 2 N–H and O–H groups in total. The van der Waals surface area contributed by atoms with Crippen LogP contribution in [0.2, 0.25) is 0 Å². The van der Waals surface area contributed by atoms with E-state index in [2.05, 4.69) is 19.4 Å². The molecule has 2 heterocycles. The molecule has 2 aliphatic carbocycles. The van der Waals surface area contributed by atoms with Crippen molar-refractivity contribution in [3.63, 3.8) is 0 Å². The normalized spacial score (nSPS) is 27.7. The summed E-state index contributed by atoms with van der Waals surface area (Å²) in [5, 5.41) is 0.